The number of hydrogen-bond acceptors (Lipinski definition) is 4. The van der Waals surface area contributed by atoms with Crippen LogP contribution >= 0.6 is 11.3 Å². The minimum atomic E-state index is -3.41. The Labute approximate surface area is 92.5 Å². The lowest BCUT2D eigenvalue weighted by atomic mass is 10.2. The largest absolute Gasteiger partial charge is 0.387 e. The number of thiophene rings is 1. The van der Waals surface area contributed by atoms with Crippen LogP contribution in [-0.2, 0) is 10.0 Å². The predicted octanol–water partition coefficient (Wildman–Crippen LogP) is 0.972. The zero-order valence-electron chi connectivity index (χ0n) is 7.96. The van der Waals surface area contributed by atoms with Crippen LogP contribution in [0.25, 0.3) is 0 Å². The molecule has 1 atom stereocenters. The summed E-state index contributed by atoms with van der Waals surface area (Å²) in [5.41, 5.74) is 0.514. The van der Waals surface area contributed by atoms with Crippen molar-refractivity contribution < 1.29 is 13.5 Å². The van der Waals surface area contributed by atoms with Crippen LogP contribution in [0.15, 0.2) is 28.3 Å². The fourth-order valence-electron chi connectivity index (χ4n) is 1.59. The monoisotopic (exact) mass is 245 g/mol. The molecule has 15 heavy (non-hydrogen) atoms. The number of fused-ring (bicyclic) bond motifs is 1. The Bertz CT molecular complexity index is 477. The van der Waals surface area contributed by atoms with E-state index in [1.165, 1.54) is 10.4 Å². The second kappa shape index (κ2) is 3.71. The number of sulfonamides is 1. The third-order valence-corrected chi connectivity index (χ3v) is 5.63. The number of aliphatic hydroxyl groups is 1. The summed E-state index contributed by atoms with van der Waals surface area (Å²) < 4.78 is 25.4. The van der Waals surface area contributed by atoms with Crippen LogP contribution < -0.4 is 0 Å². The van der Waals surface area contributed by atoms with E-state index in [1.807, 2.05) is 0 Å². The highest BCUT2D eigenvalue weighted by Crippen LogP contribution is 2.35. The summed E-state index contributed by atoms with van der Waals surface area (Å²) in [5, 5.41) is 11.4. The molecule has 0 saturated carbocycles. The zero-order chi connectivity index (χ0) is 11.1. The molecule has 82 valence electrons. The first-order valence-corrected chi connectivity index (χ1v) is 6.76. The molecule has 0 bridgehead atoms. The molecule has 1 aliphatic heterocycles. The van der Waals surface area contributed by atoms with Crippen LogP contribution in [-0.4, -0.2) is 30.9 Å². The van der Waals surface area contributed by atoms with E-state index in [9.17, 15) is 13.5 Å². The van der Waals surface area contributed by atoms with Gasteiger partial charge in [0.2, 0.25) is 0 Å². The minimum absolute atomic E-state index is 0.109. The number of hydrogen-bond donors (Lipinski definition) is 1. The lowest BCUT2D eigenvalue weighted by Gasteiger charge is -2.28. The molecule has 1 unspecified atom stereocenters. The molecule has 0 aliphatic carbocycles. The quantitative estimate of drug-likeness (QED) is 0.790. The van der Waals surface area contributed by atoms with Crippen molar-refractivity contribution in [1.29, 1.82) is 0 Å². The van der Waals surface area contributed by atoms with Crippen molar-refractivity contribution in [2.24, 2.45) is 0 Å². The summed E-state index contributed by atoms with van der Waals surface area (Å²) in [6.07, 6.45) is 0.790. The first-order valence-electron chi connectivity index (χ1n) is 4.44. The van der Waals surface area contributed by atoms with Crippen molar-refractivity contribution in [3.63, 3.8) is 0 Å². The fraction of sp³-hybridized carbons (Fsp3) is 0.333. The van der Waals surface area contributed by atoms with Gasteiger partial charge >= 0.3 is 0 Å². The van der Waals surface area contributed by atoms with Crippen LogP contribution in [0, 0.1) is 0 Å². The topological polar surface area (TPSA) is 57.6 Å². The van der Waals surface area contributed by atoms with Crippen LogP contribution in [0.3, 0.4) is 0 Å². The van der Waals surface area contributed by atoms with Crippen molar-refractivity contribution >= 4 is 21.4 Å². The van der Waals surface area contributed by atoms with Crippen molar-refractivity contribution in [3.8, 4) is 0 Å². The molecule has 0 saturated heterocycles. The summed E-state index contributed by atoms with van der Waals surface area (Å²) in [6.45, 7) is 3.85. The molecule has 2 heterocycles. The van der Waals surface area contributed by atoms with Crippen molar-refractivity contribution in [3.05, 3.63) is 29.7 Å². The van der Waals surface area contributed by atoms with Gasteiger partial charge in [-0.15, -0.1) is 17.9 Å². The summed E-state index contributed by atoms with van der Waals surface area (Å²) >= 11 is 1.14. The molecule has 1 aliphatic rings. The van der Waals surface area contributed by atoms with E-state index in [4.69, 9.17) is 0 Å². The third-order valence-electron chi connectivity index (χ3n) is 2.30. The second-order valence-electron chi connectivity index (χ2n) is 3.29. The maximum atomic E-state index is 12.0. The Morgan fingerprint density at radius 3 is 3.13 bits per heavy atom. The lowest BCUT2D eigenvalue weighted by molar-refractivity contribution is 0.143. The SMILES string of the molecule is C=CCN1CC(O)c2ccsc2S1(=O)=O. The Hall–Kier alpha value is -0.690. The molecule has 1 aromatic rings. The molecule has 2 rings (SSSR count). The zero-order valence-corrected chi connectivity index (χ0v) is 9.59. The van der Waals surface area contributed by atoms with Gasteiger partial charge in [0, 0.05) is 18.7 Å². The van der Waals surface area contributed by atoms with Crippen molar-refractivity contribution in [1.82, 2.24) is 4.31 Å². The van der Waals surface area contributed by atoms with E-state index in [0.29, 0.717) is 5.56 Å². The van der Waals surface area contributed by atoms with E-state index in [-0.39, 0.29) is 17.3 Å². The normalized spacial score (nSPS) is 24.7. The molecule has 0 spiro atoms. The number of rotatable bonds is 2. The standard InChI is InChI=1S/C9H11NO3S2/c1-2-4-10-6-8(11)7-3-5-14-9(7)15(10,12)13/h2-3,5,8,11H,1,4,6H2. The van der Waals surface area contributed by atoms with Gasteiger partial charge in [0.05, 0.1) is 6.10 Å². The van der Waals surface area contributed by atoms with E-state index >= 15 is 0 Å². The molecular formula is C9H11NO3S2. The van der Waals surface area contributed by atoms with Gasteiger partial charge in [-0.05, 0) is 11.4 Å². The second-order valence-corrected chi connectivity index (χ2v) is 6.34. The Morgan fingerprint density at radius 1 is 1.73 bits per heavy atom. The van der Waals surface area contributed by atoms with E-state index in [0.717, 1.165) is 11.3 Å². The Balaban J connectivity index is 2.51. The fourth-order valence-corrected chi connectivity index (χ4v) is 4.61. The summed E-state index contributed by atoms with van der Waals surface area (Å²) in [4.78, 5) is 0. The molecule has 6 heteroatoms. The van der Waals surface area contributed by atoms with E-state index in [2.05, 4.69) is 6.58 Å². The summed E-state index contributed by atoms with van der Waals surface area (Å²) in [7, 11) is -3.41. The summed E-state index contributed by atoms with van der Waals surface area (Å²) in [6, 6.07) is 1.66. The highest BCUT2D eigenvalue weighted by Gasteiger charge is 2.36. The number of β-amino-alcohol motifs (C(OH)–C–C–N with tert-alkyl or cyclic N) is 1. The van der Waals surface area contributed by atoms with Gasteiger partial charge < -0.3 is 5.11 Å². The third kappa shape index (κ3) is 1.63. The average molecular weight is 245 g/mol. The smallest absolute Gasteiger partial charge is 0.253 e. The average Bonchev–Trinajstić information content (AvgIpc) is 2.64. The van der Waals surface area contributed by atoms with Crippen LogP contribution in [0.1, 0.15) is 11.7 Å². The Kier molecular flexibility index (Phi) is 2.68. The van der Waals surface area contributed by atoms with E-state index in [1.54, 1.807) is 11.4 Å². The van der Waals surface area contributed by atoms with Crippen LogP contribution in [0.2, 0.25) is 0 Å². The van der Waals surface area contributed by atoms with E-state index < -0.39 is 16.1 Å². The molecular weight excluding hydrogens is 234 g/mol. The lowest BCUT2D eigenvalue weighted by Crippen LogP contribution is -2.38. The molecule has 0 amide bonds. The molecule has 0 aromatic carbocycles. The molecule has 0 radical (unpaired) electrons. The molecule has 0 fully saturated rings. The van der Waals surface area contributed by atoms with Crippen LogP contribution in [0.5, 0.6) is 0 Å². The molecule has 1 N–H and O–H groups in total. The summed E-state index contributed by atoms with van der Waals surface area (Å²) in [5.74, 6) is 0. The maximum absolute atomic E-state index is 12.0. The Morgan fingerprint density at radius 2 is 2.47 bits per heavy atom. The number of aliphatic hydroxyl groups excluding tert-OH is 1. The van der Waals surface area contributed by atoms with Gasteiger partial charge in [0.25, 0.3) is 10.0 Å². The highest BCUT2D eigenvalue weighted by atomic mass is 32.2. The van der Waals surface area contributed by atoms with Gasteiger partial charge in [0.1, 0.15) is 4.21 Å². The van der Waals surface area contributed by atoms with Gasteiger partial charge in [-0.25, -0.2) is 8.42 Å². The highest BCUT2D eigenvalue weighted by molar-refractivity contribution is 7.91. The van der Waals surface area contributed by atoms with Crippen LogP contribution in [0.4, 0.5) is 0 Å². The maximum Gasteiger partial charge on any atom is 0.253 e. The van der Waals surface area contributed by atoms with Crippen molar-refractivity contribution in [2.45, 2.75) is 10.3 Å². The molecule has 1 aromatic heterocycles. The van der Waals surface area contributed by atoms with Gasteiger partial charge in [-0.2, -0.15) is 4.31 Å². The van der Waals surface area contributed by atoms with Gasteiger partial charge in [-0.3, -0.25) is 0 Å². The first kappa shape index (κ1) is 10.8. The number of nitrogens with zero attached hydrogens (tertiary/aromatic N) is 1. The predicted molar refractivity (Wildman–Crippen MR) is 58.2 cm³/mol. The van der Waals surface area contributed by atoms with Gasteiger partial charge in [-0.1, -0.05) is 6.08 Å². The first-order chi connectivity index (χ1) is 7.07. The van der Waals surface area contributed by atoms with Crippen molar-refractivity contribution in [2.75, 3.05) is 13.1 Å². The minimum Gasteiger partial charge on any atom is -0.387 e. The molecule has 4 nitrogen and oxygen atoms in total. The van der Waals surface area contributed by atoms with Gasteiger partial charge in [0.15, 0.2) is 0 Å².